The number of nitrogens with zero attached hydrogens (tertiary/aromatic N) is 6. The first-order valence-electron chi connectivity index (χ1n) is 20.9. The molecule has 2 N–H and O–H groups in total. The highest BCUT2D eigenvalue weighted by Gasteiger charge is 2.40. The molecule has 3 aliphatic heterocycles. The number of aromatic amines is 2. The van der Waals surface area contributed by atoms with E-state index >= 15 is 0 Å². The molecule has 0 bridgehead atoms. The van der Waals surface area contributed by atoms with Gasteiger partial charge in [0.15, 0.2) is 0 Å². The monoisotopic (exact) mass is 772 g/mol. The molecular weight excluding hydrogens is 721 g/mol. The second kappa shape index (κ2) is 16.6. The van der Waals surface area contributed by atoms with Gasteiger partial charge in [-0.05, 0) is 99.1 Å². The Morgan fingerprint density at radius 2 is 1.02 bits per heavy atom. The van der Waals surface area contributed by atoms with Crippen molar-refractivity contribution in [1.29, 1.82) is 0 Å². The van der Waals surface area contributed by atoms with Crippen LogP contribution in [0.3, 0.4) is 0 Å². The van der Waals surface area contributed by atoms with Gasteiger partial charge in [-0.2, -0.15) is 0 Å². The van der Waals surface area contributed by atoms with E-state index in [2.05, 4.69) is 80.4 Å². The summed E-state index contributed by atoms with van der Waals surface area (Å²) >= 11 is 0. The number of imidazole rings is 2. The summed E-state index contributed by atoms with van der Waals surface area (Å²) in [4.78, 5) is 53.4. The molecule has 296 valence electrons. The Kier molecular flexibility index (Phi) is 10.8. The van der Waals surface area contributed by atoms with Gasteiger partial charge in [-0.15, -0.1) is 0 Å². The Balaban J connectivity index is 0.862. The smallest absolute Gasteiger partial charge is 0.245 e. The number of aromatic nitrogens is 4. The van der Waals surface area contributed by atoms with Crippen LogP contribution in [0.2, 0.25) is 0 Å². The predicted molar refractivity (Wildman–Crippen MR) is 227 cm³/mol. The van der Waals surface area contributed by atoms with Crippen LogP contribution in [0.1, 0.15) is 85.5 Å². The number of benzene rings is 4. The summed E-state index contributed by atoms with van der Waals surface area (Å²) in [6.07, 6.45) is 9.76. The van der Waals surface area contributed by atoms with E-state index < -0.39 is 0 Å². The van der Waals surface area contributed by atoms with Gasteiger partial charge in [-0.1, -0.05) is 109 Å². The van der Waals surface area contributed by atoms with Crippen LogP contribution in [-0.4, -0.2) is 91.6 Å². The first-order valence-corrected chi connectivity index (χ1v) is 20.9. The van der Waals surface area contributed by atoms with Crippen LogP contribution in [0, 0.1) is 0 Å². The molecule has 3 aliphatic rings. The normalized spacial score (nSPS) is 19.6. The summed E-state index contributed by atoms with van der Waals surface area (Å²) in [7, 11) is 3.93. The maximum Gasteiger partial charge on any atom is 0.245 e. The Bertz CT molecular complexity index is 2310. The SMILES string of the molecule is CN(C)[C@@H](C(=O)N1CCC[C@H]1c1ncc(-c2ccc(-c3ccc(-c4cnc([C@@H]5CCCN5C(=O)[C@@H](c5ccccc5)N5CCCC5)[nH]4)cc3)cc2)[nH]1)c1ccccc1. The quantitative estimate of drug-likeness (QED) is 0.137. The zero-order valence-electron chi connectivity index (χ0n) is 33.4. The van der Waals surface area contributed by atoms with Crippen LogP contribution in [0.15, 0.2) is 122 Å². The largest absolute Gasteiger partial charge is 0.340 e. The van der Waals surface area contributed by atoms with E-state index in [9.17, 15) is 9.59 Å². The van der Waals surface area contributed by atoms with Crippen molar-refractivity contribution in [3.63, 3.8) is 0 Å². The van der Waals surface area contributed by atoms with E-state index in [-0.39, 0.29) is 36.0 Å². The fraction of sp³-hybridized carbons (Fsp3) is 0.333. The highest BCUT2D eigenvalue weighted by Crippen LogP contribution is 2.38. The lowest BCUT2D eigenvalue weighted by Gasteiger charge is -2.33. The van der Waals surface area contributed by atoms with Crippen LogP contribution in [0.4, 0.5) is 0 Å². The fourth-order valence-corrected chi connectivity index (χ4v) is 9.38. The van der Waals surface area contributed by atoms with Gasteiger partial charge in [-0.3, -0.25) is 19.4 Å². The van der Waals surface area contributed by atoms with Gasteiger partial charge in [-0.25, -0.2) is 9.97 Å². The number of likely N-dealkylation sites (tertiary alicyclic amines) is 3. The van der Waals surface area contributed by atoms with E-state index in [1.165, 1.54) is 0 Å². The van der Waals surface area contributed by atoms with Crippen molar-refractivity contribution in [3.8, 4) is 33.6 Å². The van der Waals surface area contributed by atoms with Crippen molar-refractivity contribution < 1.29 is 9.59 Å². The van der Waals surface area contributed by atoms with Gasteiger partial charge in [0.05, 0.1) is 35.9 Å². The van der Waals surface area contributed by atoms with Gasteiger partial charge in [0, 0.05) is 13.1 Å². The fourth-order valence-electron chi connectivity index (χ4n) is 9.38. The van der Waals surface area contributed by atoms with Crippen LogP contribution in [-0.2, 0) is 9.59 Å². The Morgan fingerprint density at radius 3 is 1.50 bits per heavy atom. The third-order valence-corrected chi connectivity index (χ3v) is 12.3. The molecule has 4 aromatic carbocycles. The Labute approximate surface area is 340 Å². The average Bonchev–Trinajstić information content (AvgIpc) is 4.12. The summed E-state index contributed by atoms with van der Waals surface area (Å²) in [5.41, 5.74) is 8.30. The molecule has 9 rings (SSSR count). The number of hydrogen-bond donors (Lipinski definition) is 2. The molecule has 10 nitrogen and oxygen atoms in total. The van der Waals surface area contributed by atoms with Crippen molar-refractivity contribution in [2.24, 2.45) is 0 Å². The van der Waals surface area contributed by atoms with E-state index in [1.54, 1.807) is 0 Å². The number of carbonyl (C=O) groups is 2. The van der Waals surface area contributed by atoms with E-state index in [0.717, 1.165) is 121 Å². The summed E-state index contributed by atoms with van der Waals surface area (Å²) < 4.78 is 0. The molecule has 2 amide bonds. The topological polar surface area (TPSA) is 104 Å². The van der Waals surface area contributed by atoms with Crippen molar-refractivity contribution >= 4 is 11.8 Å². The van der Waals surface area contributed by atoms with Crippen LogP contribution in [0.25, 0.3) is 33.6 Å². The van der Waals surface area contributed by atoms with Crippen LogP contribution >= 0.6 is 0 Å². The standard InChI is InChI=1S/C48H52N8O2/c1-53(2)43(37-13-5-3-6-14-37)47(57)55-29-11-17-41(55)45-49-31-39(51-45)35-23-19-33(20-24-35)34-21-25-36(26-22-34)40-32-50-46(52-40)42-18-12-30-56(42)48(58)44(54-27-9-10-28-54)38-15-7-4-8-16-38/h3-8,13-16,19-26,31-32,41-44H,9-12,17-18,27-30H2,1-2H3,(H,49,51)(H,50,52)/t41-,42-,43+,44+/m0/s1. The maximum atomic E-state index is 14.3. The number of nitrogens with one attached hydrogen (secondary N) is 2. The van der Waals surface area contributed by atoms with Gasteiger partial charge in [0.25, 0.3) is 0 Å². The van der Waals surface area contributed by atoms with Crippen LogP contribution < -0.4 is 0 Å². The minimum atomic E-state index is -0.340. The van der Waals surface area contributed by atoms with Crippen molar-refractivity contribution in [2.75, 3.05) is 40.3 Å². The lowest BCUT2D eigenvalue weighted by Crippen LogP contribution is -2.42. The number of amides is 2. The van der Waals surface area contributed by atoms with Crippen LogP contribution in [0.5, 0.6) is 0 Å². The van der Waals surface area contributed by atoms with Gasteiger partial charge in [0.2, 0.25) is 11.8 Å². The molecule has 0 saturated carbocycles. The second-order valence-electron chi connectivity index (χ2n) is 16.2. The number of carbonyl (C=O) groups excluding carboxylic acids is 2. The van der Waals surface area contributed by atoms with Crippen molar-refractivity contribution in [1.82, 2.24) is 39.5 Å². The first-order chi connectivity index (χ1) is 28.4. The zero-order valence-corrected chi connectivity index (χ0v) is 33.4. The number of H-pyrrole nitrogens is 2. The molecule has 0 aliphatic carbocycles. The summed E-state index contributed by atoms with van der Waals surface area (Å²) in [5.74, 6) is 1.98. The minimum absolute atomic E-state index is 0.0616. The molecule has 0 spiro atoms. The molecule has 3 fully saturated rings. The highest BCUT2D eigenvalue weighted by atomic mass is 16.2. The van der Waals surface area contributed by atoms with Crippen molar-refractivity contribution in [2.45, 2.75) is 62.7 Å². The molecule has 6 aromatic rings. The third kappa shape index (κ3) is 7.50. The van der Waals surface area contributed by atoms with E-state index in [0.29, 0.717) is 0 Å². The molecule has 4 atom stereocenters. The Morgan fingerprint density at radius 1 is 0.569 bits per heavy atom. The lowest BCUT2D eigenvalue weighted by molar-refractivity contribution is -0.138. The molecule has 5 heterocycles. The van der Waals surface area contributed by atoms with Crippen molar-refractivity contribution in [3.05, 3.63) is 144 Å². The second-order valence-corrected chi connectivity index (χ2v) is 16.2. The minimum Gasteiger partial charge on any atom is -0.340 e. The zero-order chi connectivity index (χ0) is 39.6. The van der Waals surface area contributed by atoms with E-state index in [4.69, 9.17) is 9.97 Å². The molecule has 2 aromatic heterocycles. The van der Waals surface area contributed by atoms with Gasteiger partial charge >= 0.3 is 0 Å². The lowest BCUT2D eigenvalue weighted by atomic mass is 10.0. The molecule has 0 unspecified atom stereocenters. The predicted octanol–water partition coefficient (Wildman–Crippen LogP) is 8.60. The molecule has 58 heavy (non-hydrogen) atoms. The first kappa shape index (κ1) is 37.7. The third-order valence-electron chi connectivity index (χ3n) is 12.3. The van der Waals surface area contributed by atoms with Gasteiger partial charge < -0.3 is 19.8 Å². The average molecular weight is 773 g/mol. The van der Waals surface area contributed by atoms with Gasteiger partial charge in [0.1, 0.15) is 23.7 Å². The highest BCUT2D eigenvalue weighted by molar-refractivity contribution is 5.85. The summed E-state index contributed by atoms with van der Waals surface area (Å²) in [6, 6.07) is 36.6. The number of likely N-dealkylation sites (N-methyl/N-ethyl adjacent to an activating group) is 1. The summed E-state index contributed by atoms with van der Waals surface area (Å²) in [5, 5.41) is 0. The maximum absolute atomic E-state index is 14.3. The summed E-state index contributed by atoms with van der Waals surface area (Å²) in [6.45, 7) is 3.38. The molecule has 0 radical (unpaired) electrons. The number of rotatable bonds is 11. The molecular formula is C48H52N8O2. The molecule has 10 heteroatoms. The molecule has 3 saturated heterocycles. The van der Waals surface area contributed by atoms with E-state index in [1.807, 2.05) is 84.8 Å². The number of hydrogen-bond acceptors (Lipinski definition) is 6. The Hall–Kier alpha value is -5.84.